The first-order valence-corrected chi connectivity index (χ1v) is 8.38. The Kier molecular flexibility index (Phi) is 5.11. The Balaban J connectivity index is 3.17. The van der Waals surface area contributed by atoms with Crippen LogP contribution >= 0.6 is 10.7 Å². The van der Waals surface area contributed by atoms with Crippen molar-refractivity contribution >= 4 is 31.5 Å². The number of amides is 1. The maximum Gasteiger partial charge on any atom is 0.412 e. The summed E-state index contributed by atoms with van der Waals surface area (Å²) in [5, 5.41) is 2.54. The van der Waals surface area contributed by atoms with Gasteiger partial charge in [0.25, 0.3) is 9.05 Å². The number of hydrogen-bond acceptors (Lipinski definition) is 5. The number of methoxy groups -OCH3 is 1. The molecule has 1 N–H and O–H groups in total. The van der Waals surface area contributed by atoms with Crippen LogP contribution in [0.3, 0.4) is 0 Å². The molecule has 0 aromatic heterocycles. The quantitative estimate of drug-likeness (QED) is 0.857. The van der Waals surface area contributed by atoms with Gasteiger partial charge in [-0.25, -0.2) is 13.2 Å². The topological polar surface area (TPSA) is 81.7 Å². The molecule has 21 heavy (non-hydrogen) atoms. The molecule has 0 radical (unpaired) electrons. The van der Waals surface area contributed by atoms with Crippen LogP contribution in [0.1, 0.15) is 26.3 Å². The Hall–Kier alpha value is -1.47. The van der Waals surface area contributed by atoms with E-state index in [4.69, 9.17) is 20.2 Å². The molecular formula is C13H18ClNO5S. The van der Waals surface area contributed by atoms with E-state index in [2.05, 4.69) is 5.32 Å². The van der Waals surface area contributed by atoms with Crippen LogP contribution in [0.25, 0.3) is 0 Å². The fourth-order valence-corrected chi connectivity index (χ4v) is 2.42. The Bertz CT molecular complexity index is 649. The highest BCUT2D eigenvalue weighted by molar-refractivity contribution is 8.13. The molecule has 1 rings (SSSR count). The molecule has 0 aliphatic rings. The summed E-state index contributed by atoms with van der Waals surface area (Å²) in [6, 6.07) is 2.58. The second kappa shape index (κ2) is 6.11. The lowest BCUT2D eigenvalue weighted by Gasteiger charge is -2.21. The van der Waals surface area contributed by atoms with E-state index in [0.717, 1.165) is 0 Å². The van der Waals surface area contributed by atoms with Crippen LogP contribution in [-0.4, -0.2) is 27.2 Å². The summed E-state index contributed by atoms with van der Waals surface area (Å²) in [4.78, 5) is 11.7. The van der Waals surface area contributed by atoms with Crippen LogP contribution < -0.4 is 10.1 Å². The summed E-state index contributed by atoms with van der Waals surface area (Å²) >= 11 is 0. The van der Waals surface area contributed by atoms with Crippen molar-refractivity contribution in [2.45, 2.75) is 38.2 Å². The zero-order chi connectivity index (χ0) is 16.4. The van der Waals surface area contributed by atoms with E-state index < -0.39 is 20.7 Å². The fraction of sp³-hybridized carbons (Fsp3) is 0.462. The van der Waals surface area contributed by atoms with E-state index in [-0.39, 0.29) is 10.6 Å². The summed E-state index contributed by atoms with van der Waals surface area (Å²) < 4.78 is 33.0. The van der Waals surface area contributed by atoms with E-state index in [0.29, 0.717) is 11.3 Å². The zero-order valence-corrected chi connectivity index (χ0v) is 14.1. The van der Waals surface area contributed by atoms with Gasteiger partial charge in [-0.2, -0.15) is 0 Å². The van der Waals surface area contributed by atoms with Crippen molar-refractivity contribution in [2.75, 3.05) is 12.4 Å². The van der Waals surface area contributed by atoms with Crippen LogP contribution in [0.5, 0.6) is 5.75 Å². The van der Waals surface area contributed by atoms with Crippen LogP contribution in [0.15, 0.2) is 17.0 Å². The molecule has 1 amide bonds. The van der Waals surface area contributed by atoms with E-state index in [1.807, 2.05) is 0 Å². The molecule has 1 aromatic carbocycles. The minimum Gasteiger partial charge on any atom is -0.495 e. The number of hydrogen-bond donors (Lipinski definition) is 1. The first-order valence-electron chi connectivity index (χ1n) is 6.07. The van der Waals surface area contributed by atoms with Crippen molar-refractivity contribution < 1.29 is 22.7 Å². The van der Waals surface area contributed by atoms with E-state index in [1.165, 1.54) is 19.2 Å². The number of halogens is 1. The highest BCUT2D eigenvalue weighted by Gasteiger charge is 2.21. The molecule has 0 bridgehead atoms. The summed E-state index contributed by atoms with van der Waals surface area (Å²) in [5.74, 6) is 0.181. The van der Waals surface area contributed by atoms with Crippen molar-refractivity contribution in [1.82, 2.24) is 0 Å². The van der Waals surface area contributed by atoms with Gasteiger partial charge in [-0.1, -0.05) is 0 Å². The van der Waals surface area contributed by atoms with Gasteiger partial charge in [0, 0.05) is 16.7 Å². The lowest BCUT2D eigenvalue weighted by atomic mass is 10.2. The number of carbonyl (C=O) groups excluding carboxylic acids is 1. The highest BCUT2D eigenvalue weighted by atomic mass is 35.7. The van der Waals surface area contributed by atoms with Crippen molar-refractivity contribution in [1.29, 1.82) is 0 Å². The van der Waals surface area contributed by atoms with Gasteiger partial charge < -0.3 is 9.47 Å². The molecule has 0 aliphatic carbocycles. The van der Waals surface area contributed by atoms with Gasteiger partial charge >= 0.3 is 6.09 Å². The molecular weight excluding hydrogens is 318 g/mol. The third-order valence-electron chi connectivity index (χ3n) is 2.40. The Morgan fingerprint density at radius 3 is 2.29 bits per heavy atom. The number of benzene rings is 1. The number of anilines is 1. The molecule has 0 saturated carbocycles. The predicted molar refractivity (Wildman–Crippen MR) is 80.6 cm³/mol. The number of carbonyl (C=O) groups is 1. The van der Waals surface area contributed by atoms with Crippen LogP contribution in [-0.2, 0) is 13.8 Å². The van der Waals surface area contributed by atoms with Crippen LogP contribution in [0, 0.1) is 6.92 Å². The van der Waals surface area contributed by atoms with E-state index in [9.17, 15) is 13.2 Å². The molecule has 0 saturated heterocycles. The lowest BCUT2D eigenvalue weighted by molar-refractivity contribution is 0.0635. The third kappa shape index (κ3) is 5.09. The maximum atomic E-state index is 11.8. The molecule has 118 valence electrons. The van der Waals surface area contributed by atoms with Gasteiger partial charge in [-0.05, 0) is 39.3 Å². The van der Waals surface area contributed by atoms with Gasteiger partial charge in [0.15, 0.2) is 0 Å². The SMILES string of the molecule is COc1cc(S(=O)(=O)Cl)cc(C)c1NC(=O)OC(C)(C)C. The molecule has 0 fully saturated rings. The van der Waals surface area contributed by atoms with Gasteiger partial charge in [0.2, 0.25) is 0 Å². The smallest absolute Gasteiger partial charge is 0.412 e. The largest absolute Gasteiger partial charge is 0.495 e. The normalized spacial score (nSPS) is 11.9. The summed E-state index contributed by atoms with van der Waals surface area (Å²) in [5.41, 5.74) is 0.167. The third-order valence-corrected chi connectivity index (χ3v) is 3.73. The molecule has 8 heteroatoms. The van der Waals surface area contributed by atoms with Crippen LogP contribution in [0.4, 0.5) is 10.5 Å². The Labute approximate surface area is 128 Å². The summed E-state index contributed by atoms with van der Waals surface area (Å²) in [6.07, 6.45) is -0.662. The number of nitrogens with one attached hydrogen (secondary N) is 1. The average molecular weight is 336 g/mol. The molecule has 0 heterocycles. The molecule has 6 nitrogen and oxygen atoms in total. The minimum atomic E-state index is -3.88. The average Bonchev–Trinajstić information content (AvgIpc) is 2.27. The first kappa shape index (κ1) is 17.6. The maximum absolute atomic E-state index is 11.8. The Morgan fingerprint density at radius 1 is 1.29 bits per heavy atom. The molecule has 1 aromatic rings. The standard InChI is InChI=1S/C13H18ClNO5S/c1-8-6-9(21(14,17)18)7-10(19-5)11(8)15-12(16)20-13(2,3)4/h6-7H,1-5H3,(H,15,16). The predicted octanol–water partition coefficient (Wildman–Crippen LogP) is 3.28. The lowest BCUT2D eigenvalue weighted by Crippen LogP contribution is -2.27. The first-order chi connectivity index (χ1) is 9.44. The van der Waals surface area contributed by atoms with Gasteiger partial charge in [-0.3, -0.25) is 5.32 Å². The fourth-order valence-electron chi connectivity index (χ4n) is 1.59. The van der Waals surface area contributed by atoms with E-state index in [1.54, 1.807) is 27.7 Å². The van der Waals surface area contributed by atoms with Crippen molar-refractivity contribution in [2.24, 2.45) is 0 Å². The minimum absolute atomic E-state index is 0.103. The number of rotatable bonds is 3. The molecule has 0 unspecified atom stereocenters. The molecule has 0 spiro atoms. The second-order valence-electron chi connectivity index (χ2n) is 5.38. The van der Waals surface area contributed by atoms with Gasteiger partial charge in [0.1, 0.15) is 11.4 Å². The monoisotopic (exact) mass is 335 g/mol. The van der Waals surface area contributed by atoms with E-state index >= 15 is 0 Å². The zero-order valence-electron chi connectivity index (χ0n) is 12.5. The Morgan fingerprint density at radius 2 is 1.86 bits per heavy atom. The van der Waals surface area contributed by atoms with Gasteiger partial charge in [-0.15, -0.1) is 0 Å². The highest BCUT2D eigenvalue weighted by Crippen LogP contribution is 2.33. The second-order valence-corrected chi connectivity index (χ2v) is 7.95. The summed E-state index contributed by atoms with van der Waals surface area (Å²) in [6.45, 7) is 6.83. The summed E-state index contributed by atoms with van der Waals surface area (Å²) in [7, 11) is 2.79. The number of ether oxygens (including phenoxy) is 2. The van der Waals surface area contributed by atoms with Crippen molar-refractivity contribution in [3.8, 4) is 5.75 Å². The van der Waals surface area contributed by atoms with Crippen molar-refractivity contribution in [3.63, 3.8) is 0 Å². The van der Waals surface area contributed by atoms with Gasteiger partial charge in [0.05, 0.1) is 17.7 Å². The number of aryl methyl sites for hydroxylation is 1. The molecule has 0 atom stereocenters. The van der Waals surface area contributed by atoms with Crippen LogP contribution in [0.2, 0.25) is 0 Å². The van der Waals surface area contributed by atoms with Crippen molar-refractivity contribution in [3.05, 3.63) is 17.7 Å². The molecule has 0 aliphatic heterocycles.